The van der Waals surface area contributed by atoms with Crippen LogP contribution >= 0.6 is 0 Å². The lowest BCUT2D eigenvalue weighted by Gasteiger charge is -2.27. The van der Waals surface area contributed by atoms with Crippen LogP contribution in [-0.2, 0) is 0 Å². The molecule has 1 fully saturated rings. The second-order valence-corrected chi connectivity index (χ2v) is 6.33. The van der Waals surface area contributed by atoms with Crippen molar-refractivity contribution < 1.29 is 5.11 Å². The van der Waals surface area contributed by atoms with Crippen molar-refractivity contribution in [3.63, 3.8) is 0 Å². The molecular formula is C18H25N3O. The van der Waals surface area contributed by atoms with E-state index in [0.29, 0.717) is 5.92 Å². The van der Waals surface area contributed by atoms with Crippen molar-refractivity contribution in [1.82, 2.24) is 9.97 Å². The third-order valence-corrected chi connectivity index (χ3v) is 4.66. The molecule has 118 valence electrons. The van der Waals surface area contributed by atoms with Crippen molar-refractivity contribution in [3.8, 4) is 0 Å². The molecule has 0 radical (unpaired) electrons. The summed E-state index contributed by atoms with van der Waals surface area (Å²) in [4.78, 5) is 9.24. The minimum atomic E-state index is -0.0871. The van der Waals surface area contributed by atoms with E-state index < -0.39 is 0 Å². The van der Waals surface area contributed by atoms with Crippen molar-refractivity contribution in [2.45, 2.75) is 51.6 Å². The normalized spacial score (nSPS) is 21.9. The second-order valence-electron chi connectivity index (χ2n) is 6.33. The third-order valence-electron chi connectivity index (χ3n) is 4.66. The van der Waals surface area contributed by atoms with E-state index in [9.17, 15) is 5.11 Å². The molecule has 2 aromatic rings. The molecule has 1 aromatic carbocycles. The van der Waals surface area contributed by atoms with Gasteiger partial charge in [0.15, 0.2) is 0 Å². The van der Waals surface area contributed by atoms with Crippen LogP contribution in [0.2, 0.25) is 0 Å². The summed E-state index contributed by atoms with van der Waals surface area (Å²) in [6.45, 7) is 2.88. The van der Waals surface area contributed by atoms with Gasteiger partial charge in [0.1, 0.15) is 5.82 Å². The van der Waals surface area contributed by atoms with Crippen LogP contribution in [0.4, 0.5) is 5.82 Å². The van der Waals surface area contributed by atoms with E-state index in [2.05, 4.69) is 15.3 Å². The van der Waals surface area contributed by atoms with Gasteiger partial charge in [-0.3, -0.25) is 0 Å². The predicted molar refractivity (Wildman–Crippen MR) is 90.0 cm³/mol. The maximum absolute atomic E-state index is 10.0. The Kier molecular flexibility index (Phi) is 4.88. The van der Waals surface area contributed by atoms with Gasteiger partial charge >= 0.3 is 0 Å². The van der Waals surface area contributed by atoms with Gasteiger partial charge in [-0.1, -0.05) is 25.0 Å². The first-order valence-electron chi connectivity index (χ1n) is 8.39. The van der Waals surface area contributed by atoms with E-state index in [1.54, 1.807) is 0 Å². The number of para-hydroxylation sites is 2. The monoisotopic (exact) mass is 299 g/mol. The molecule has 4 heteroatoms. The van der Waals surface area contributed by atoms with Crippen LogP contribution in [0.1, 0.15) is 44.2 Å². The van der Waals surface area contributed by atoms with E-state index in [-0.39, 0.29) is 6.10 Å². The number of hydrogen-bond acceptors (Lipinski definition) is 4. The van der Waals surface area contributed by atoms with Gasteiger partial charge in [-0.05, 0) is 50.7 Å². The molecule has 2 N–H and O–H groups in total. The van der Waals surface area contributed by atoms with Gasteiger partial charge in [0, 0.05) is 6.54 Å². The highest BCUT2D eigenvalue weighted by atomic mass is 16.3. The average Bonchev–Trinajstić information content (AvgIpc) is 2.53. The number of benzene rings is 1. The number of aromatic nitrogens is 2. The van der Waals surface area contributed by atoms with E-state index in [0.717, 1.165) is 48.4 Å². The quantitative estimate of drug-likeness (QED) is 0.827. The second kappa shape index (κ2) is 7.05. The molecule has 1 aromatic heterocycles. The van der Waals surface area contributed by atoms with Gasteiger partial charge in [-0.25, -0.2) is 9.97 Å². The van der Waals surface area contributed by atoms with Crippen LogP contribution in [0.25, 0.3) is 11.0 Å². The predicted octanol–water partition coefficient (Wildman–Crippen LogP) is 3.68. The number of nitrogens with zero attached hydrogens (tertiary/aromatic N) is 2. The van der Waals surface area contributed by atoms with Crippen molar-refractivity contribution in [1.29, 1.82) is 0 Å². The Hall–Kier alpha value is -1.68. The number of aryl methyl sites for hydroxylation is 1. The fraction of sp³-hybridized carbons (Fsp3) is 0.556. The molecule has 0 saturated heterocycles. The topological polar surface area (TPSA) is 58.0 Å². The van der Waals surface area contributed by atoms with Gasteiger partial charge in [-0.2, -0.15) is 0 Å². The zero-order valence-corrected chi connectivity index (χ0v) is 13.3. The zero-order chi connectivity index (χ0) is 15.4. The van der Waals surface area contributed by atoms with Crippen LogP contribution in [0, 0.1) is 12.8 Å². The summed E-state index contributed by atoms with van der Waals surface area (Å²) in [5, 5.41) is 13.4. The number of hydrogen-bond donors (Lipinski definition) is 2. The summed E-state index contributed by atoms with van der Waals surface area (Å²) in [6.07, 6.45) is 6.68. The lowest BCUT2D eigenvalue weighted by atomic mass is 9.83. The van der Waals surface area contributed by atoms with E-state index >= 15 is 0 Å². The highest BCUT2D eigenvalue weighted by Crippen LogP contribution is 2.27. The molecule has 1 aliphatic rings. The van der Waals surface area contributed by atoms with Gasteiger partial charge in [0.25, 0.3) is 0 Å². The lowest BCUT2D eigenvalue weighted by molar-refractivity contribution is 0.0648. The molecule has 2 unspecified atom stereocenters. The van der Waals surface area contributed by atoms with Crippen molar-refractivity contribution in [2.75, 3.05) is 11.9 Å². The molecule has 3 rings (SSSR count). The highest BCUT2D eigenvalue weighted by molar-refractivity contribution is 5.76. The van der Waals surface area contributed by atoms with Crippen molar-refractivity contribution in [3.05, 3.63) is 30.0 Å². The Bertz CT molecular complexity index is 629. The Morgan fingerprint density at radius 3 is 2.64 bits per heavy atom. The molecule has 1 saturated carbocycles. The fourth-order valence-electron chi connectivity index (χ4n) is 3.35. The Balaban J connectivity index is 1.54. The van der Waals surface area contributed by atoms with Crippen molar-refractivity contribution >= 4 is 16.9 Å². The summed E-state index contributed by atoms with van der Waals surface area (Å²) in [6, 6.07) is 7.95. The number of aliphatic hydroxyl groups excluding tert-OH is 1. The molecule has 0 amide bonds. The first-order valence-corrected chi connectivity index (χ1v) is 8.39. The van der Waals surface area contributed by atoms with Gasteiger partial charge in [0.2, 0.25) is 0 Å². The minimum Gasteiger partial charge on any atom is -0.393 e. The maximum atomic E-state index is 10.0. The summed E-state index contributed by atoms with van der Waals surface area (Å²) < 4.78 is 0. The summed E-state index contributed by atoms with van der Waals surface area (Å²) in [7, 11) is 0. The van der Waals surface area contributed by atoms with E-state index in [4.69, 9.17) is 0 Å². The molecule has 2 atom stereocenters. The lowest BCUT2D eigenvalue weighted by Crippen LogP contribution is -2.24. The Labute approximate surface area is 132 Å². The van der Waals surface area contributed by atoms with E-state index in [1.165, 1.54) is 19.3 Å². The molecule has 0 aliphatic heterocycles. The van der Waals surface area contributed by atoms with Crippen LogP contribution < -0.4 is 5.32 Å². The smallest absolute Gasteiger partial charge is 0.148 e. The minimum absolute atomic E-state index is 0.0871. The van der Waals surface area contributed by atoms with Gasteiger partial charge in [0.05, 0.1) is 22.8 Å². The SMILES string of the molecule is Cc1nc2ccccc2nc1NCCCC1CCCCC1O. The first kappa shape index (κ1) is 15.2. The van der Waals surface area contributed by atoms with Crippen molar-refractivity contribution in [2.24, 2.45) is 5.92 Å². The molecular weight excluding hydrogens is 274 g/mol. The number of aliphatic hydroxyl groups is 1. The molecule has 0 spiro atoms. The maximum Gasteiger partial charge on any atom is 0.148 e. The third kappa shape index (κ3) is 3.55. The number of fused-ring (bicyclic) bond motifs is 1. The van der Waals surface area contributed by atoms with Crippen LogP contribution in [-0.4, -0.2) is 27.7 Å². The van der Waals surface area contributed by atoms with E-state index in [1.807, 2.05) is 31.2 Å². The highest BCUT2D eigenvalue weighted by Gasteiger charge is 2.22. The number of nitrogens with one attached hydrogen (secondary N) is 1. The van der Waals surface area contributed by atoms with Gasteiger partial charge in [-0.15, -0.1) is 0 Å². The zero-order valence-electron chi connectivity index (χ0n) is 13.3. The molecule has 4 nitrogen and oxygen atoms in total. The van der Waals surface area contributed by atoms with Gasteiger partial charge < -0.3 is 10.4 Å². The first-order chi connectivity index (χ1) is 10.7. The average molecular weight is 299 g/mol. The molecule has 22 heavy (non-hydrogen) atoms. The van der Waals surface area contributed by atoms with Crippen LogP contribution in [0.15, 0.2) is 24.3 Å². The Morgan fingerprint density at radius 2 is 1.86 bits per heavy atom. The molecule has 0 bridgehead atoms. The molecule has 1 aliphatic carbocycles. The number of rotatable bonds is 5. The summed E-state index contributed by atoms with van der Waals surface area (Å²) in [5.41, 5.74) is 2.81. The van der Waals surface area contributed by atoms with Crippen LogP contribution in [0.5, 0.6) is 0 Å². The Morgan fingerprint density at radius 1 is 1.14 bits per heavy atom. The number of anilines is 1. The molecule has 1 heterocycles. The fourth-order valence-corrected chi connectivity index (χ4v) is 3.35. The largest absolute Gasteiger partial charge is 0.393 e. The standard InChI is InChI=1S/C18H25N3O/c1-13-18(21-16-10-4-3-9-15(16)20-13)19-12-6-8-14-7-2-5-11-17(14)22/h3-4,9-10,14,17,22H,2,5-8,11-12H2,1H3,(H,19,21). The van der Waals surface area contributed by atoms with Crippen LogP contribution in [0.3, 0.4) is 0 Å². The summed E-state index contributed by atoms with van der Waals surface area (Å²) >= 11 is 0. The summed E-state index contributed by atoms with van der Waals surface area (Å²) in [5.74, 6) is 1.36.